The Morgan fingerprint density at radius 2 is 2.31 bits per heavy atom. The summed E-state index contributed by atoms with van der Waals surface area (Å²) in [6, 6.07) is 10.3. The Balaban J connectivity index is 0.00000243. The van der Waals surface area contributed by atoms with Gasteiger partial charge in [0, 0.05) is 37.9 Å². The van der Waals surface area contributed by atoms with Crippen LogP contribution in [0.4, 0.5) is 0 Å². The van der Waals surface area contributed by atoms with Gasteiger partial charge in [-0.3, -0.25) is 4.79 Å². The van der Waals surface area contributed by atoms with E-state index in [2.05, 4.69) is 38.2 Å². The number of aliphatic imine (C=N–C) groups is 1. The summed E-state index contributed by atoms with van der Waals surface area (Å²) in [6.45, 7) is 4.04. The molecule has 3 N–H and O–H groups in total. The number of aromatic nitrogens is 2. The van der Waals surface area contributed by atoms with Crippen molar-refractivity contribution in [3.63, 3.8) is 0 Å². The molecule has 3 rings (SSSR count). The highest BCUT2D eigenvalue weighted by atomic mass is 127. The minimum Gasteiger partial charge on any atom is -0.357 e. The highest BCUT2D eigenvalue weighted by Crippen LogP contribution is 2.10. The number of nitrogens with zero attached hydrogens (tertiary/aromatic N) is 3. The van der Waals surface area contributed by atoms with Crippen molar-refractivity contribution in [1.29, 1.82) is 0 Å². The third kappa shape index (κ3) is 5.72. The predicted octanol–water partition coefficient (Wildman–Crippen LogP) is 1.82. The number of halogens is 1. The lowest BCUT2D eigenvalue weighted by atomic mass is 10.1. The topological polar surface area (TPSA) is 83.3 Å². The van der Waals surface area contributed by atoms with Gasteiger partial charge in [-0.2, -0.15) is 5.10 Å². The molecule has 1 amide bonds. The monoisotopic (exact) mass is 468 g/mol. The van der Waals surface area contributed by atoms with Crippen molar-refractivity contribution < 1.29 is 4.79 Å². The molecular weight excluding hydrogens is 443 g/mol. The molecule has 1 aliphatic rings. The second kappa shape index (κ2) is 10.1. The number of hydrogen-bond acceptors (Lipinski definition) is 3. The van der Waals surface area contributed by atoms with Crippen molar-refractivity contribution >= 4 is 35.8 Å². The van der Waals surface area contributed by atoms with Crippen LogP contribution in [-0.2, 0) is 11.3 Å². The Bertz CT molecular complexity index is 721. The lowest BCUT2D eigenvalue weighted by Crippen LogP contribution is -2.51. The molecule has 2 aromatic rings. The lowest BCUT2D eigenvalue weighted by molar-refractivity contribution is -0.122. The summed E-state index contributed by atoms with van der Waals surface area (Å²) in [5, 5.41) is 13.8. The number of benzene rings is 1. The van der Waals surface area contributed by atoms with Crippen LogP contribution in [0.5, 0.6) is 0 Å². The molecule has 0 aliphatic carbocycles. The molecule has 0 spiro atoms. The van der Waals surface area contributed by atoms with Crippen LogP contribution in [0.2, 0.25) is 0 Å². The second-order valence-electron chi connectivity index (χ2n) is 6.00. The molecular formula is C18H25IN6O. The van der Waals surface area contributed by atoms with Gasteiger partial charge < -0.3 is 16.0 Å². The molecule has 1 saturated heterocycles. The molecule has 1 aromatic carbocycles. The molecule has 8 heteroatoms. The fourth-order valence-corrected chi connectivity index (χ4v) is 2.76. The first-order valence-electron chi connectivity index (χ1n) is 8.65. The Morgan fingerprint density at radius 1 is 1.42 bits per heavy atom. The van der Waals surface area contributed by atoms with Crippen LogP contribution in [0, 0.1) is 0 Å². The van der Waals surface area contributed by atoms with Gasteiger partial charge in [-0.25, -0.2) is 9.67 Å². The summed E-state index contributed by atoms with van der Waals surface area (Å²) < 4.78 is 1.83. The first-order valence-corrected chi connectivity index (χ1v) is 8.65. The van der Waals surface area contributed by atoms with E-state index in [1.54, 1.807) is 6.20 Å². The first-order chi connectivity index (χ1) is 12.2. The summed E-state index contributed by atoms with van der Waals surface area (Å²) in [5.74, 6) is 0.892. The van der Waals surface area contributed by atoms with Crippen molar-refractivity contribution in [2.45, 2.75) is 32.4 Å². The fraction of sp³-hybridized carbons (Fsp3) is 0.389. The van der Waals surface area contributed by atoms with Crippen molar-refractivity contribution in [2.75, 3.05) is 13.1 Å². The highest BCUT2D eigenvalue weighted by Gasteiger charge is 2.18. The number of carbonyl (C=O) groups excluding carboxylic acids is 1. The van der Waals surface area contributed by atoms with E-state index in [4.69, 9.17) is 0 Å². The van der Waals surface area contributed by atoms with Crippen LogP contribution in [0.1, 0.15) is 25.3 Å². The quantitative estimate of drug-likeness (QED) is 0.355. The van der Waals surface area contributed by atoms with E-state index < -0.39 is 0 Å². The van der Waals surface area contributed by atoms with Crippen molar-refractivity contribution in [3.8, 4) is 5.69 Å². The molecule has 2 heterocycles. The summed E-state index contributed by atoms with van der Waals surface area (Å²) >= 11 is 0. The average Bonchev–Trinajstić information content (AvgIpc) is 3.17. The number of piperidine rings is 1. The van der Waals surface area contributed by atoms with Crippen LogP contribution in [0.15, 0.2) is 47.7 Å². The number of hydrogen-bond donors (Lipinski definition) is 3. The van der Waals surface area contributed by atoms with Gasteiger partial charge in [-0.15, -0.1) is 24.0 Å². The second-order valence-corrected chi connectivity index (χ2v) is 6.00. The van der Waals surface area contributed by atoms with Crippen LogP contribution >= 0.6 is 24.0 Å². The highest BCUT2D eigenvalue weighted by molar-refractivity contribution is 14.0. The maximum Gasteiger partial charge on any atom is 0.220 e. The van der Waals surface area contributed by atoms with Crippen LogP contribution < -0.4 is 16.0 Å². The minimum atomic E-state index is 0. The zero-order valence-electron chi connectivity index (χ0n) is 14.8. The van der Waals surface area contributed by atoms with E-state index in [9.17, 15) is 4.79 Å². The normalized spacial score (nSPS) is 17.2. The Kier molecular flexibility index (Phi) is 7.89. The molecule has 1 fully saturated rings. The smallest absolute Gasteiger partial charge is 0.220 e. The first kappa shape index (κ1) is 20.2. The number of nitrogens with one attached hydrogen (secondary N) is 3. The summed E-state index contributed by atoms with van der Waals surface area (Å²) in [7, 11) is 0. The van der Waals surface area contributed by atoms with E-state index >= 15 is 0 Å². The van der Waals surface area contributed by atoms with Gasteiger partial charge in [0.15, 0.2) is 5.96 Å². The molecule has 1 aliphatic heterocycles. The van der Waals surface area contributed by atoms with Gasteiger partial charge in [0.2, 0.25) is 5.91 Å². The number of carbonyl (C=O) groups is 1. The Morgan fingerprint density at radius 3 is 3.00 bits per heavy atom. The largest absolute Gasteiger partial charge is 0.357 e. The Hall–Kier alpha value is -2.10. The predicted molar refractivity (Wildman–Crippen MR) is 113 cm³/mol. The van der Waals surface area contributed by atoms with Gasteiger partial charge in [-0.1, -0.05) is 12.1 Å². The third-order valence-electron chi connectivity index (χ3n) is 4.05. The Labute approximate surface area is 170 Å². The minimum absolute atomic E-state index is 0. The van der Waals surface area contributed by atoms with E-state index in [1.807, 2.05) is 36.0 Å². The third-order valence-corrected chi connectivity index (χ3v) is 4.05. The molecule has 7 nitrogen and oxygen atoms in total. The van der Waals surface area contributed by atoms with Gasteiger partial charge in [-0.05, 0) is 37.1 Å². The summed E-state index contributed by atoms with van der Waals surface area (Å²) in [5.41, 5.74) is 2.13. The molecule has 0 saturated carbocycles. The SMILES string of the molecule is CCNC(=NCc1cccc(-n2cccn2)c1)NC1CCC(=O)NC1.I. The molecule has 140 valence electrons. The zero-order chi connectivity index (χ0) is 17.5. The summed E-state index contributed by atoms with van der Waals surface area (Å²) in [6.07, 6.45) is 5.07. The van der Waals surface area contributed by atoms with Gasteiger partial charge in [0.05, 0.1) is 12.2 Å². The van der Waals surface area contributed by atoms with Crippen LogP contribution in [0.25, 0.3) is 5.69 Å². The molecule has 0 bridgehead atoms. The van der Waals surface area contributed by atoms with Crippen molar-refractivity contribution in [1.82, 2.24) is 25.7 Å². The number of rotatable bonds is 5. The standard InChI is InChI=1S/C18H24N6O.HI/c1-2-19-18(23-15-7-8-17(25)20-13-15)21-12-14-5-3-6-16(11-14)24-10-4-9-22-24;/h3-6,9-11,15H,2,7-8,12-13H2,1H3,(H,20,25)(H2,19,21,23);1H. The zero-order valence-corrected chi connectivity index (χ0v) is 17.1. The number of amides is 1. The summed E-state index contributed by atoms with van der Waals surface area (Å²) in [4.78, 5) is 15.9. The van der Waals surface area contributed by atoms with Gasteiger partial charge >= 0.3 is 0 Å². The molecule has 1 atom stereocenters. The molecule has 26 heavy (non-hydrogen) atoms. The number of guanidine groups is 1. The van der Waals surface area contributed by atoms with Crippen LogP contribution in [-0.4, -0.2) is 40.8 Å². The maximum atomic E-state index is 11.3. The van der Waals surface area contributed by atoms with Gasteiger partial charge in [0.1, 0.15) is 0 Å². The van der Waals surface area contributed by atoms with E-state index in [0.29, 0.717) is 19.5 Å². The van der Waals surface area contributed by atoms with E-state index in [-0.39, 0.29) is 35.9 Å². The molecule has 0 radical (unpaired) electrons. The van der Waals surface area contributed by atoms with E-state index in [1.165, 1.54) is 0 Å². The maximum absolute atomic E-state index is 11.3. The molecule has 1 unspecified atom stereocenters. The molecule has 1 aromatic heterocycles. The van der Waals surface area contributed by atoms with Crippen LogP contribution in [0.3, 0.4) is 0 Å². The lowest BCUT2D eigenvalue weighted by Gasteiger charge is -2.25. The van der Waals surface area contributed by atoms with Crippen molar-refractivity contribution in [2.24, 2.45) is 4.99 Å². The fourth-order valence-electron chi connectivity index (χ4n) is 2.76. The average molecular weight is 468 g/mol. The van der Waals surface area contributed by atoms with E-state index in [0.717, 1.165) is 30.2 Å². The van der Waals surface area contributed by atoms with Crippen molar-refractivity contribution in [3.05, 3.63) is 48.3 Å². The van der Waals surface area contributed by atoms with Gasteiger partial charge in [0.25, 0.3) is 0 Å².